The van der Waals surface area contributed by atoms with Gasteiger partial charge in [-0.05, 0) is 35.7 Å². The van der Waals surface area contributed by atoms with Gasteiger partial charge in [0.1, 0.15) is 15.8 Å². The number of phenols is 1. The second-order valence-corrected chi connectivity index (χ2v) is 11.9. The second-order valence-electron chi connectivity index (χ2n) is 9.77. The third-order valence-corrected chi connectivity index (χ3v) is 9.61. The highest BCUT2D eigenvalue weighted by Crippen LogP contribution is 2.54. The van der Waals surface area contributed by atoms with Crippen LogP contribution in [-0.4, -0.2) is 15.1 Å². The molecule has 0 radical (unpaired) electrons. The van der Waals surface area contributed by atoms with Gasteiger partial charge in [0.25, 0.3) is 0 Å². The number of allylic oxidation sites excluding steroid dienone is 1. The Morgan fingerprint density at radius 3 is 1.74 bits per heavy atom. The minimum Gasteiger partial charge on any atom is -0.508 e. The maximum Gasteiger partial charge on any atom is 0.119 e. The van der Waals surface area contributed by atoms with Gasteiger partial charge in [-0.25, -0.2) is 9.97 Å². The van der Waals surface area contributed by atoms with E-state index >= 15 is 0 Å². The number of thiazole rings is 2. The highest BCUT2D eigenvalue weighted by atomic mass is 32.1. The Hall–Kier alpha value is -3.02. The Morgan fingerprint density at radius 2 is 1.24 bits per heavy atom. The average molecular weight is 485 g/mol. The van der Waals surface area contributed by atoms with Crippen molar-refractivity contribution in [2.45, 2.75) is 39.0 Å². The highest BCUT2D eigenvalue weighted by molar-refractivity contribution is 7.20. The molecule has 34 heavy (non-hydrogen) atoms. The maximum atomic E-state index is 10.7. The normalized spacial score (nSPS) is 12.6. The number of nitrogens with zero attached hydrogens (tertiary/aromatic N) is 2. The van der Waals surface area contributed by atoms with E-state index in [9.17, 15) is 5.11 Å². The van der Waals surface area contributed by atoms with Gasteiger partial charge in [0.15, 0.2) is 0 Å². The van der Waals surface area contributed by atoms with Gasteiger partial charge in [0.05, 0.1) is 26.4 Å². The maximum absolute atomic E-state index is 10.7. The molecule has 0 unspecified atom stereocenters. The monoisotopic (exact) mass is 484 g/mol. The molecular formula is C29H28N2OS2. The highest BCUT2D eigenvalue weighted by Gasteiger charge is 2.45. The average Bonchev–Trinajstić information content (AvgIpc) is 3.43. The van der Waals surface area contributed by atoms with E-state index in [2.05, 4.69) is 64.1 Å². The second kappa shape index (κ2) is 8.33. The largest absolute Gasteiger partial charge is 0.508 e. The van der Waals surface area contributed by atoms with Crippen LogP contribution >= 0.6 is 22.7 Å². The molecule has 5 aromatic rings. The van der Waals surface area contributed by atoms with Gasteiger partial charge in [-0.15, -0.1) is 22.7 Å². The SMILES string of the molecule is C=C(C(c1nc2ccccc2s1)c1nc2ccccc2s1)C(C)(C)C(C)(C)c1ccccc1O. The molecule has 3 aromatic carbocycles. The van der Waals surface area contributed by atoms with E-state index in [0.29, 0.717) is 5.75 Å². The minimum absolute atomic E-state index is 0.144. The lowest BCUT2D eigenvalue weighted by atomic mass is 9.58. The summed E-state index contributed by atoms with van der Waals surface area (Å²) >= 11 is 3.42. The zero-order valence-electron chi connectivity index (χ0n) is 19.9. The summed E-state index contributed by atoms with van der Waals surface area (Å²) in [6, 6.07) is 24.1. The Bertz CT molecular complexity index is 1370. The fourth-order valence-electron chi connectivity index (χ4n) is 4.53. The van der Waals surface area contributed by atoms with Crippen LogP contribution in [0.25, 0.3) is 20.4 Å². The first-order valence-electron chi connectivity index (χ1n) is 11.4. The molecule has 0 atom stereocenters. The molecule has 5 rings (SSSR count). The topological polar surface area (TPSA) is 46.0 Å². The van der Waals surface area contributed by atoms with Gasteiger partial charge < -0.3 is 5.11 Å². The van der Waals surface area contributed by atoms with Crippen molar-refractivity contribution in [3.8, 4) is 5.75 Å². The fourth-order valence-corrected chi connectivity index (χ4v) is 6.82. The smallest absolute Gasteiger partial charge is 0.119 e. The molecule has 0 spiro atoms. The molecule has 0 saturated carbocycles. The summed E-state index contributed by atoms with van der Waals surface area (Å²) in [5.41, 5.74) is 3.18. The summed E-state index contributed by atoms with van der Waals surface area (Å²) in [6.45, 7) is 13.5. The van der Waals surface area contributed by atoms with Crippen LogP contribution in [0.5, 0.6) is 5.75 Å². The zero-order chi connectivity index (χ0) is 24.1. The summed E-state index contributed by atoms with van der Waals surface area (Å²) < 4.78 is 2.32. The lowest BCUT2D eigenvalue weighted by Gasteiger charge is -2.45. The molecular weight excluding hydrogens is 456 g/mol. The molecule has 0 aliphatic carbocycles. The molecule has 0 aliphatic rings. The van der Waals surface area contributed by atoms with Crippen molar-refractivity contribution in [3.05, 3.63) is 101 Å². The number of fused-ring (bicyclic) bond motifs is 2. The number of para-hydroxylation sites is 3. The van der Waals surface area contributed by atoms with E-state index in [-0.39, 0.29) is 16.7 Å². The number of aromatic hydroxyl groups is 1. The van der Waals surface area contributed by atoms with Crippen molar-refractivity contribution in [2.75, 3.05) is 0 Å². The molecule has 5 heteroatoms. The summed E-state index contributed by atoms with van der Waals surface area (Å²) in [5, 5.41) is 12.7. The van der Waals surface area contributed by atoms with Crippen molar-refractivity contribution < 1.29 is 5.11 Å². The van der Waals surface area contributed by atoms with Crippen LogP contribution < -0.4 is 0 Å². The number of aromatic nitrogens is 2. The van der Waals surface area contributed by atoms with E-state index in [0.717, 1.165) is 41.6 Å². The first-order valence-corrected chi connectivity index (χ1v) is 13.0. The predicted molar refractivity (Wildman–Crippen MR) is 145 cm³/mol. The summed E-state index contributed by atoms with van der Waals surface area (Å²) in [6.07, 6.45) is 0. The van der Waals surface area contributed by atoms with E-state index in [1.807, 2.05) is 30.3 Å². The Morgan fingerprint density at radius 1 is 0.765 bits per heavy atom. The Balaban J connectivity index is 1.67. The van der Waals surface area contributed by atoms with Gasteiger partial charge in [-0.3, -0.25) is 0 Å². The number of benzene rings is 3. The van der Waals surface area contributed by atoms with Crippen LogP contribution in [0, 0.1) is 5.41 Å². The zero-order valence-corrected chi connectivity index (χ0v) is 21.5. The minimum atomic E-state index is -0.388. The van der Waals surface area contributed by atoms with Crippen molar-refractivity contribution in [2.24, 2.45) is 5.41 Å². The molecule has 0 fully saturated rings. The van der Waals surface area contributed by atoms with Crippen LogP contribution in [0.15, 0.2) is 84.9 Å². The first-order chi connectivity index (χ1) is 16.2. The lowest BCUT2D eigenvalue weighted by Crippen LogP contribution is -2.39. The van der Waals surface area contributed by atoms with E-state index in [1.165, 1.54) is 0 Å². The van der Waals surface area contributed by atoms with Crippen molar-refractivity contribution in [1.29, 1.82) is 0 Å². The molecule has 0 amide bonds. The molecule has 2 heterocycles. The number of hydrogen-bond donors (Lipinski definition) is 1. The predicted octanol–water partition coefficient (Wildman–Crippen LogP) is 8.30. The van der Waals surface area contributed by atoms with E-state index in [1.54, 1.807) is 28.7 Å². The van der Waals surface area contributed by atoms with Crippen LogP contribution in [0.1, 0.15) is 49.2 Å². The van der Waals surface area contributed by atoms with Gasteiger partial charge in [-0.2, -0.15) is 0 Å². The quantitative estimate of drug-likeness (QED) is 0.247. The van der Waals surface area contributed by atoms with Gasteiger partial charge in [-0.1, -0.05) is 82.3 Å². The molecule has 2 aromatic heterocycles. The lowest BCUT2D eigenvalue weighted by molar-refractivity contribution is 0.234. The van der Waals surface area contributed by atoms with Crippen LogP contribution in [-0.2, 0) is 5.41 Å². The first kappa shape index (κ1) is 22.8. The van der Waals surface area contributed by atoms with E-state index < -0.39 is 0 Å². The third-order valence-electron chi connectivity index (χ3n) is 7.41. The van der Waals surface area contributed by atoms with Crippen molar-refractivity contribution in [1.82, 2.24) is 9.97 Å². The van der Waals surface area contributed by atoms with Gasteiger partial charge in [0, 0.05) is 11.0 Å². The third kappa shape index (κ3) is 3.64. The van der Waals surface area contributed by atoms with Crippen molar-refractivity contribution in [3.63, 3.8) is 0 Å². The number of rotatable bonds is 6. The number of hydrogen-bond acceptors (Lipinski definition) is 5. The summed E-state index contributed by atoms with van der Waals surface area (Å²) in [4.78, 5) is 10.1. The van der Waals surface area contributed by atoms with Crippen LogP contribution in [0.3, 0.4) is 0 Å². The fraction of sp³-hybridized carbons (Fsp3) is 0.241. The molecule has 172 valence electrons. The van der Waals surface area contributed by atoms with Gasteiger partial charge >= 0.3 is 0 Å². The summed E-state index contributed by atoms with van der Waals surface area (Å²) in [5.74, 6) is 0.167. The Labute approximate surface area is 208 Å². The summed E-state index contributed by atoms with van der Waals surface area (Å²) in [7, 11) is 0. The number of phenolic OH excluding ortho intramolecular Hbond substituents is 1. The van der Waals surface area contributed by atoms with Crippen LogP contribution in [0.4, 0.5) is 0 Å². The molecule has 0 aliphatic heterocycles. The Kier molecular flexibility index (Phi) is 5.58. The van der Waals surface area contributed by atoms with Crippen molar-refractivity contribution >= 4 is 43.1 Å². The molecule has 0 bridgehead atoms. The standard InChI is InChI=1S/C29H28N2OS2/c1-18(28(2,3)29(4,5)19-12-6-9-15-22(19)32)25(26-30-20-13-7-10-16-23(20)33-26)27-31-21-14-8-11-17-24(21)34-27/h6-17,25,32H,1H2,2-5H3. The van der Waals surface area contributed by atoms with Crippen LogP contribution in [0.2, 0.25) is 0 Å². The molecule has 1 N–H and O–H groups in total. The molecule has 0 saturated heterocycles. The molecule has 3 nitrogen and oxygen atoms in total. The van der Waals surface area contributed by atoms with E-state index in [4.69, 9.17) is 16.5 Å². The van der Waals surface area contributed by atoms with Gasteiger partial charge in [0.2, 0.25) is 0 Å².